The Morgan fingerprint density at radius 1 is 1.32 bits per heavy atom. The average Bonchev–Trinajstić information content (AvgIpc) is 2.77. The second kappa shape index (κ2) is 7.56. The van der Waals surface area contributed by atoms with Crippen LogP contribution in [0.15, 0.2) is 6.07 Å². The third kappa shape index (κ3) is 4.73. The minimum absolute atomic E-state index is 0.00348. The van der Waals surface area contributed by atoms with Crippen LogP contribution in [0.4, 0.5) is 0 Å². The van der Waals surface area contributed by atoms with Crippen molar-refractivity contribution in [3.63, 3.8) is 0 Å². The van der Waals surface area contributed by atoms with Crippen molar-refractivity contribution in [3.8, 4) is 0 Å². The molecule has 2 amide bonds. The first-order valence-corrected chi connectivity index (χ1v) is 6.67. The predicted octanol–water partition coefficient (Wildman–Crippen LogP) is 0.858. The van der Waals surface area contributed by atoms with E-state index in [2.05, 4.69) is 22.7 Å². The molecule has 1 rings (SSSR count). The SMILES string of the molecule is CCCCNC(=O)CNC(=O)c1cc(C)nn1CC. The molecule has 0 fully saturated rings. The lowest BCUT2D eigenvalue weighted by Gasteiger charge is -2.07. The monoisotopic (exact) mass is 266 g/mol. The zero-order chi connectivity index (χ0) is 14.3. The molecule has 0 aromatic carbocycles. The Bertz CT molecular complexity index is 440. The second-order valence-corrected chi connectivity index (χ2v) is 4.37. The van der Waals surface area contributed by atoms with E-state index in [0.29, 0.717) is 18.8 Å². The van der Waals surface area contributed by atoms with Crippen LogP contribution in [0.3, 0.4) is 0 Å². The topological polar surface area (TPSA) is 76.0 Å². The van der Waals surface area contributed by atoms with Crippen molar-refractivity contribution in [1.29, 1.82) is 0 Å². The molecule has 0 aliphatic carbocycles. The molecule has 1 aromatic heterocycles. The largest absolute Gasteiger partial charge is 0.355 e. The van der Waals surface area contributed by atoms with Crippen molar-refractivity contribution in [2.45, 2.75) is 40.2 Å². The maximum Gasteiger partial charge on any atom is 0.269 e. The number of carbonyl (C=O) groups excluding carboxylic acids is 2. The van der Waals surface area contributed by atoms with Gasteiger partial charge in [0.2, 0.25) is 5.91 Å². The van der Waals surface area contributed by atoms with Crippen molar-refractivity contribution in [1.82, 2.24) is 20.4 Å². The first kappa shape index (κ1) is 15.2. The fourth-order valence-corrected chi connectivity index (χ4v) is 1.69. The van der Waals surface area contributed by atoms with Gasteiger partial charge in [0.05, 0.1) is 12.2 Å². The smallest absolute Gasteiger partial charge is 0.269 e. The van der Waals surface area contributed by atoms with Gasteiger partial charge < -0.3 is 10.6 Å². The number of nitrogens with one attached hydrogen (secondary N) is 2. The van der Waals surface area contributed by atoms with Gasteiger partial charge in [0.1, 0.15) is 5.69 Å². The third-order valence-corrected chi connectivity index (χ3v) is 2.70. The van der Waals surface area contributed by atoms with Gasteiger partial charge in [0, 0.05) is 13.1 Å². The van der Waals surface area contributed by atoms with Crippen LogP contribution in [0.25, 0.3) is 0 Å². The third-order valence-electron chi connectivity index (χ3n) is 2.70. The fraction of sp³-hybridized carbons (Fsp3) is 0.615. The van der Waals surface area contributed by atoms with Gasteiger partial charge in [-0.15, -0.1) is 0 Å². The second-order valence-electron chi connectivity index (χ2n) is 4.37. The highest BCUT2D eigenvalue weighted by Crippen LogP contribution is 2.03. The molecule has 0 saturated heterocycles. The first-order chi connectivity index (χ1) is 9.08. The van der Waals surface area contributed by atoms with E-state index in [4.69, 9.17) is 0 Å². The maximum absolute atomic E-state index is 11.9. The highest BCUT2D eigenvalue weighted by molar-refractivity contribution is 5.95. The van der Waals surface area contributed by atoms with Gasteiger partial charge in [0.25, 0.3) is 5.91 Å². The Morgan fingerprint density at radius 3 is 2.68 bits per heavy atom. The lowest BCUT2D eigenvalue weighted by atomic mass is 10.3. The minimum atomic E-state index is -0.270. The molecule has 0 unspecified atom stereocenters. The van der Waals surface area contributed by atoms with Crippen molar-refractivity contribution < 1.29 is 9.59 Å². The van der Waals surface area contributed by atoms with Crippen molar-refractivity contribution in [2.75, 3.05) is 13.1 Å². The molecule has 0 aliphatic rings. The number of hydrogen-bond donors (Lipinski definition) is 2. The summed E-state index contributed by atoms with van der Waals surface area (Å²) < 4.78 is 1.62. The van der Waals surface area contributed by atoms with E-state index in [0.717, 1.165) is 18.5 Å². The van der Waals surface area contributed by atoms with Crippen LogP contribution in [-0.2, 0) is 11.3 Å². The van der Waals surface area contributed by atoms with E-state index in [9.17, 15) is 9.59 Å². The molecule has 106 valence electrons. The molecule has 6 heteroatoms. The van der Waals surface area contributed by atoms with Gasteiger partial charge in [-0.1, -0.05) is 13.3 Å². The van der Waals surface area contributed by atoms with Crippen molar-refractivity contribution in [2.24, 2.45) is 0 Å². The molecule has 0 spiro atoms. The van der Waals surface area contributed by atoms with E-state index in [1.165, 1.54) is 0 Å². The first-order valence-electron chi connectivity index (χ1n) is 6.67. The summed E-state index contributed by atoms with van der Waals surface area (Å²) in [7, 11) is 0. The van der Waals surface area contributed by atoms with Crippen LogP contribution < -0.4 is 10.6 Å². The molecule has 0 atom stereocenters. The molecule has 0 saturated carbocycles. The average molecular weight is 266 g/mol. The Hall–Kier alpha value is -1.85. The van der Waals surface area contributed by atoms with Crippen LogP contribution in [0.2, 0.25) is 0 Å². The van der Waals surface area contributed by atoms with Crippen molar-refractivity contribution >= 4 is 11.8 Å². The van der Waals surface area contributed by atoms with Crippen LogP contribution in [0.5, 0.6) is 0 Å². The number of nitrogens with zero attached hydrogens (tertiary/aromatic N) is 2. The van der Waals surface area contributed by atoms with Crippen LogP contribution >= 0.6 is 0 Å². The quantitative estimate of drug-likeness (QED) is 0.719. The zero-order valence-electron chi connectivity index (χ0n) is 11.8. The molecule has 2 N–H and O–H groups in total. The molecule has 0 radical (unpaired) electrons. The molecule has 0 aliphatic heterocycles. The van der Waals surface area contributed by atoms with Gasteiger partial charge in [-0.05, 0) is 26.3 Å². The minimum Gasteiger partial charge on any atom is -0.355 e. The fourth-order valence-electron chi connectivity index (χ4n) is 1.69. The van der Waals surface area contributed by atoms with Crippen molar-refractivity contribution in [3.05, 3.63) is 17.5 Å². The highest BCUT2D eigenvalue weighted by Gasteiger charge is 2.13. The van der Waals surface area contributed by atoms with E-state index in [-0.39, 0.29) is 18.4 Å². The lowest BCUT2D eigenvalue weighted by Crippen LogP contribution is -2.37. The number of rotatable bonds is 7. The van der Waals surface area contributed by atoms with Gasteiger partial charge in [-0.25, -0.2) is 0 Å². The normalized spacial score (nSPS) is 10.3. The summed E-state index contributed by atoms with van der Waals surface area (Å²) >= 11 is 0. The van der Waals surface area contributed by atoms with E-state index in [1.54, 1.807) is 10.7 Å². The van der Waals surface area contributed by atoms with E-state index < -0.39 is 0 Å². The van der Waals surface area contributed by atoms with Gasteiger partial charge in [-0.3, -0.25) is 14.3 Å². The molecule has 19 heavy (non-hydrogen) atoms. The van der Waals surface area contributed by atoms with Gasteiger partial charge in [-0.2, -0.15) is 5.10 Å². The number of aryl methyl sites for hydroxylation is 2. The van der Waals surface area contributed by atoms with Gasteiger partial charge in [0.15, 0.2) is 0 Å². The summed E-state index contributed by atoms with van der Waals surface area (Å²) in [5.74, 6) is -0.436. The van der Waals surface area contributed by atoms with Gasteiger partial charge >= 0.3 is 0 Å². The summed E-state index contributed by atoms with van der Waals surface area (Å²) in [5, 5.41) is 9.54. The standard InChI is InChI=1S/C13H22N4O2/c1-4-6-7-14-12(18)9-15-13(19)11-8-10(3)16-17(11)5-2/h8H,4-7,9H2,1-3H3,(H,14,18)(H,15,19). The molecule has 0 bridgehead atoms. The van der Waals surface area contributed by atoms with Crippen LogP contribution in [0.1, 0.15) is 42.9 Å². The number of unbranched alkanes of at least 4 members (excludes halogenated alkanes) is 1. The highest BCUT2D eigenvalue weighted by atomic mass is 16.2. The Balaban J connectivity index is 2.44. The molecular weight excluding hydrogens is 244 g/mol. The molecule has 6 nitrogen and oxygen atoms in total. The Morgan fingerprint density at radius 2 is 2.05 bits per heavy atom. The van der Waals surface area contributed by atoms with Crippen LogP contribution in [0, 0.1) is 6.92 Å². The van der Waals surface area contributed by atoms with Crippen LogP contribution in [-0.4, -0.2) is 34.7 Å². The number of amides is 2. The Labute approximate surface area is 113 Å². The van der Waals surface area contributed by atoms with E-state index in [1.807, 2.05) is 13.8 Å². The number of aromatic nitrogens is 2. The molecular formula is C13H22N4O2. The maximum atomic E-state index is 11.9. The number of carbonyl (C=O) groups is 2. The number of hydrogen-bond acceptors (Lipinski definition) is 3. The summed E-state index contributed by atoms with van der Waals surface area (Å²) in [6.07, 6.45) is 1.98. The summed E-state index contributed by atoms with van der Waals surface area (Å²) in [5.41, 5.74) is 1.28. The summed E-state index contributed by atoms with van der Waals surface area (Å²) in [6.45, 7) is 7.08. The summed E-state index contributed by atoms with van der Waals surface area (Å²) in [6, 6.07) is 1.72. The van der Waals surface area contributed by atoms with E-state index >= 15 is 0 Å². The Kier molecular flexibility index (Phi) is 6.05. The summed E-state index contributed by atoms with van der Waals surface area (Å²) in [4.78, 5) is 23.4. The lowest BCUT2D eigenvalue weighted by molar-refractivity contribution is -0.120. The molecule has 1 aromatic rings. The molecule has 1 heterocycles. The predicted molar refractivity (Wildman–Crippen MR) is 72.9 cm³/mol. The zero-order valence-corrected chi connectivity index (χ0v) is 11.8.